The number of nitrogens with two attached hydrogens (primary N) is 1. The monoisotopic (exact) mass is 175 g/mol. The van der Waals surface area contributed by atoms with Crippen molar-refractivity contribution in [2.75, 3.05) is 18.8 Å². The molecule has 0 fully saturated rings. The molecule has 0 aliphatic rings. The fourth-order valence-corrected chi connectivity index (χ4v) is 1.43. The van der Waals surface area contributed by atoms with Crippen molar-refractivity contribution in [2.24, 2.45) is 10.8 Å². The van der Waals surface area contributed by atoms with Crippen LogP contribution in [0.3, 0.4) is 0 Å². The van der Waals surface area contributed by atoms with Gasteiger partial charge in [-0.25, -0.2) is 10.8 Å². The molecule has 0 aliphatic carbocycles. The standard InChI is InChI=1S/C7H17N3S/c1-6-9-7(2)10(8)11(3,4)5/h6H,1,8H2,2-5H3. The van der Waals surface area contributed by atoms with E-state index in [1.807, 2.05) is 6.92 Å². The van der Waals surface area contributed by atoms with Gasteiger partial charge < -0.3 is 0 Å². The number of nitrogens with zero attached hydrogens (tertiary/aromatic N) is 2. The quantitative estimate of drug-likeness (QED) is 0.298. The van der Waals surface area contributed by atoms with E-state index in [1.165, 1.54) is 6.20 Å². The van der Waals surface area contributed by atoms with Gasteiger partial charge in [0.15, 0.2) is 0 Å². The maximum atomic E-state index is 5.77. The van der Waals surface area contributed by atoms with Crippen LogP contribution in [-0.4, -0.2) is 29.0 Å². The van der Waals surface area contributed by atoms with Gasteiger partial charge in [0, 0.05) is 6.20 Å². The Bertz CT molecular complexity index is 169. The van der Waals surface area contributed by atoms with Gasteiger partial charge in [0.2, 0.25) is 0 Å². The predicted octanol–water partition coefficient (Wildman–Crippen LogP) is 1.33. The van der Waals surface area contributed by atoms with Crippen molar-refractivity contribution >= 4 is 16.0 Å². The molecule has 0 unspecified atom stereocenters. The Morgan fingerprint density at radius 1 is 1.55 bits per heavy atom. The molecule has 2 N–H and O–H groups in total. The highest BCUT2D eigenvalue weighted by Gasteiger charge is 2.12. The minimum Gasteiger partial charge on any atom is -0.259 e. The van der Waals surface area contributed by atoms with Gasteiger partial charge in [-0.05, 0) is 25.7 Å². The van der Waals surface area contributed by atoms with E-state index in [4.69, 9.17) is 5.84 Å². The van der Waals surface area contributed by atoms with Crippen molar-refractivity contribution in [1.29, 1.82) is 0 Å². The minimum atomic E-state index is -0.892. The second-order valence-corrected chi connectivity index (χ2v) is 6.90. The summed E-state index contributed by atoms with van der Waals surface area (Å²) in [5.41, 5.74) is 0. The first-order chi connectivity index (χ1) is 4.89. The third kappa shape index (κ3) is 3.43. The van der Waals surface area contributed by atoms with Gasteiger partial charge in [-0.2, -0.15) is 10.2 Å². The second-order valence-electron chi connectivity index (χ2n) is 2.96. The highest BCUT2D eigenvalue weighted by atomic mass is 32.3. The lowest BCUT2D eigenvalue weighted by Gasteiger charge is -2.37. The molecular formula is C7H17N3S. The largest absolute Gasteiger partial charge is 0.259 e. The second kappa shape index (κ2) is 3.78. The van der Waals surface area contributed by atoms with E-state index in [1.54, 1.807) is 4.41 Å². The van der Waals surface area contributed by atoms with Gasteiger partial charge in [-0.1, -0.05) is 6.58 Å². The van der Waals surface area contributed by atoms with Gasteiger partial charge in [-0.3, -0.25) is 4.41 Å². The normalized spacial score (nSPS) is 14.5. The summed E-state index contributed by atoms with van der Waals surface area (Å²) in [7, 11) is -0.892. The van der Waals surface area contributed by atoms with E-state index in [0.29, 0.717) is 0 Å². The van der Waals surface area contributed by atoms with Crippen molar-refractivity contribution < 1.29 is 0 Å². The van der Waals surface area contributed by atoms with E-state index < -0.39 is 10.2 Å². The van der Waals surface area contributed by atoms with E-state index in [9.17, 15) is 0 Å². The first kappa shape index (κ1) is 10.5. The molecule has 11 heavy (non-hydrogen) atoms. The average Bonchev–Trinajstić information content (AvgIpc) is 1.85. The molecule has 0 heterocycles. The Labute approximate surface area is 70.4 Å². The summed E-state index contributed by atoms with van der Waals surface area (Å²) in [5, 5.41) is 0. The van der Waals surface area contributed by atoms with Crippen LogP contribution >= 0.6 is 10.2 Å². The van der Waals surface area contributed by atoms with Crippen LogP contribution in [0.25, 0.3) is 0 Å². The summed E-state index contributed by atoms with van der Waals surface area (Å²) < 4.78 is 1.70. The Hall–Kier alpha value is -0.480. The summed E-state index contributed by atoms with van der Waals surface area (Å²) in [6, 6.07) is 0. The lowest BCUT2D eigenvalue weighted by molar-refractivity contribution is 0.712. The molecule has 0 atom stereocenters. The van der Waals surface area contributed by atoms with Crippen LogP contribution in [-0.2, 0) is 0 Å². The number of amidine groups is 1. The molecular weight excluding hydrogens is 158 g/mol. The number of rotatable bonds is 2. The molecule has 0 aromatic heterocycles. The van der Waals surface area contributed by atoms with E-state index in [-0.39, 0.29) is 0 Å². The van der Waals surface area contributed by atoms with Crippen LogP contribution in [0.5, 0.6) is 0 Å². The van der Waals surface area contributed by atoms with Gasteiger partial charge in [-0.15, -0.1) is 0 Å². The number of hydrogen-bond acceptors (Lipinski definition) is 2. The van der Waals surface area contributed by atoms with Crippen molar-refractivity contribution in [3.63, 3.8) is 0 Å². The molecule has 0 amide bonds. The third-order valence-corrected chi connectivity index (χ3v) is 2.63. The molecule has 4 heteroatoms. The van der Waals surface area contributed by atoms with E-state index >= 15 is 0 Å². The predicted molar refractivity (Wildman–Crippen MR) is 54.7 cm³/mol. The van der Waals surface area contributed by atoms with Crippen LogP contribution in [0.4, 0.5) is 0 Å². The first-order valence-electron chi connectivity index (χ1n) is 3.28. The van der Waals surface area contributed by atoms with Gasteiger partial charge in [0.05, 0.1) is 0 Å². The van der Waals surface area contributed by atoms with Crippen LogP contribution in [0.2, 0.25) is 0 Å². The number of aliphatic imine (C=N–C) groups is 1. The lowest BCUT2D eigenvalue weighted by atomic mass is 10.7. The van der Waals surface area contributed by atoms with Crippen molar-refractivity contribution in [1.82, 2.24) is 4.41 Å². The topological polar surface area (TPSA) is 41.6 Å². The van der Waals surface area contributed by atoms with Crippen molar-refractivity contribution in [3.8, 4) is 0 Å². The van der Waals surface area contributed by atoms with Crippen molar-refractivity contribution in [3.05, 3.63) is 12.8 Å². The zero-order chi connectivity index (χ0) is 9.07. The molecule has 0 saturated heterocycles. The van der Waals surface area contributed by atoms with Crippen LogP contribution in [0.1, 0.15) is 6.92 Å². The van der Waals surface area contributed by atoms with Gasteiger partial charge in [0.1, 0.15) is 5.84 Å². The van der Waals surface area contributed by atoms with Crippen LogP contribution < -0.4 is 5.84 Å². The number of hydrazine groups is 1. The summed E-state index contributed by atoms with van der Waals surface area (Å²) in [5.74, 6) is 6.58. The molecule has 0 aromatic carbocycles. The molecule has 0 saturated carbocycles. The highest BCUT2D eigenvalue weighted by molar-refractivity contribution is 8.30. The Balaban J connectivity index is 4.36. The fraction of sp³-hybridized carbons (Fsp3) is 0.571. The molecule has 66 valence electrons. The molecule has 0 bridgehead atoms. The lowest BCUT2D eigenvalue weighted by Crippen LogP contribution is -2.36. The summed E-state index contributed by atoms with van der Waals surface area (Å²) >= 11 is 0. The first-order valence-corrected chi connectivity index (χ1v) is 6.09. The molecule has 0 rings (SSSR count). The average molecular weight is 175 g/mol. The Morgan fingerprint density at radius 2 is 2.00 bits per heavy atom. The molecule has 0 radical (unpaired) electrons. The molecule has 0 aliphatic heterocycles. The maximum absolute atomic E-state index is 5.77. The maximum Gasteiger partial charge on any atom is 0.124 e. The van der Waals surface area contributed by atoms with Gasteiger partial charge >= 0.3 is 0 Å². The highest BCUT2D eigenvalue weighted by Crippen LogP contribution is 2.36. The molecule has 3 nitrogen and oxygen atoms in total. The van der Waals surface area contributed by atoms with E-state index in [0.717, 1.165) is 5.84 Å². The van der Waals surface area contributed by atoms with E-state index in [2.05, 4.69) is 30.3 Å². The van der Waals surface area contributed by atoms with Crippen LogP contribution in [0, 0.1) is 0 Å². The molecule has 0 aromatic rings. The molecule has 0 spiro atoms. The summed E-state index contributed by atoms with van der Waals surface area (Å²) in [6.45, 7) is 5.38. The van der Waals surface area contributed by atoms with Crippen LogP contribution in [0.15, 0.2) is 17.8 Å². The zero-order valence-corrected chi connectivity index (χ0v) is 8.48. The summed E-state index contributed by atoms with van der Waals surface area (Å²) in [4.78, 5) is 3.99. The number of hydrogen-bond donors (Lipinski definition) is 1. The fourth-order valence-electron chi connectivity index (χ4n) is 0.585. The minimum absolute atomic E-state index is 0.808. The van der Waals surface area contributed by atoms with Gasteiger partial charge in [0.25, 0.3) is 0 Å². The SMILES string of the molecule is C=CN=C(C)N(N)S(C)(C)C. The summed E-state index contributed by atoms with van der Waals surface area (Å²) in [6.07, 6.45) is 7.82. The van der Waals surface area contributed by atoms with Crippen molar-refractivity contribution in [2.45, 2.75) is 6.92 Å². The Morgan fingerprint density at radius 3 is 2.27 bits per heavy atom. The zero-order valence-electron chi connectivity index (χ0n) is 7.66. The third-order valence-electron chi connectivity index (χ3n) is 1.19. The smallest absolute Gasteiger partial charge is 0.124 e. The Kier molecular flexibility index (Phi) is 3.62.